The van der Waals surface area contributed by atoms with E-state index < -0.39 is 74.9 Å². The van der Waals surface area contributed by atoms with Crippen LogP contribution in [0.4, 0.5) is 0 Å². The van der Waals surface area contributed by atoms with Crippen molar-refractivity contribution in [2.24, 2.45) is 0 Å². The van der Waals surface area contributed by atoms with E-state index in [0.29, 0.717) is 0 Å². The summed E-state index contributed by atoms with van der Waals surface area (Å²) in [7, 11) is -19.3. The predicted octanol–water partition coefficient (Wildman–Crippen LogP) is -0.464. The average Bonchev–Trinajstić information content (AvgIpc) is 3.88. The molecule has 5 heterocycles. The van der Waals surface area contributed by atoms with Crippen LogP contribution in [0, 0.1) is 0 Å². The molecule has 0 radical (unpaired) electrons. The number of hydrogen-bond acceptors (Lipinski definition) is 17. The fourth-order valence-corrected chi connectivity index (χ4v) is 8.23. The Labute approximate surface area is 363 Å². The van der Waals surface area contributed by atoms with Crippen molar-refractivity contribution < 1.29 is 104 Å². The molecule has 0 atom stereocenters. The zero-order chi connectivity index (χ0) is 42.4. The van der Waals surface area contributed by atoms with E-state index in [1.165, 1.54) is 24.3 Å². The SMILES string of the molecule is O=S(=O)([O-])c1ccc2c3nc4nc(nc5[n-]c(nc6nc(nc([n-]3)c2c1)-c1ccc(S(=O)(=O)O)cc1-6)c1ccc(S(=O)(=O)O)cc51)-c1ccc(S(=O)(=O)O)cc1-4.[Na+].[O]=[Fe]=[O]. The van der Waals surface area contributed by atoms with Crippen molar-refractivity contribution in [2.75, 3.05) is 0 Å². The molecule has 0 spiro atoms. The van der Waals surface area contributed by atoms with Gasteiger partial charge in [0, 0.05) is 44.8 Å². The summed E-state index contributed by atoms with van der Waals surface area (Å²) in [6, 6.07) is 13.5. The summed E-state index contributed by atoms with van der Waals surface area (Å²) in [5.41, 5.74) is -0.360. The minimum atomic E-state index is -5.00. The standard InChI is InChI=1S/C32H16N8O12S4.Fe.Na.2O/c41-53(42,43)13-1-5-17-21(9-13)29-33-25(17)37-30-22-10-14(54(44,45)46)2-6-18(22)27(34-30)39-32-24-12-16(56(50,51)52)4-8-20(24)28(36-32)40-31-23-11-15(55(47,48)49)3-7-19(23)26(35-31)38-29;;;;/h1-12H,(H4-2,33,34,35,36,37,38,39,40,41,42,43,44,45,46,47,48,49,50,51,52);;;;/q-2;;+1;;/p-1. The van der Waals surface area contributed by atoms with Gasteiger partial charge in [0.2, 0.25) is 0 Å². The summed E-state index contributed by atoms with van der Waals surface area (Å²) in [5, 5.41) is 0.329. The van der Waals surface area contributed by atoms with Crippen molar-refractivity contribution in [3.05, 3.63) is 72.8 Å². The van der Waals surface area contributed by atoms with Crippen molar-refractivity contribution in [2.45, 2.75) is 19.6 Å². The van der Waals surface area contributed by atoms with Crippen LogP contribution in [0.1, 0.15) is 0 Å². The van der Waals surface area contributed by atoms with Crippen LogP contribution in [0.25, 0.3) is 89.7 Å². The van der Waals surface area contributed by atoms with Crippen LogP contribution in [-0.2, 0) is 63.0 Å². The Morgan fingerprint density at radius 2 is 0.733 bits per heavy atom. The summed E-state index contributed by atoms with van der Waals surface area (Å²) >= 11 is -1.25. The zero-order valence-corrected chi connectivity index (χ0v) is 35.7. The summed E-state index contributed by atoms with van der Waals surface area (Å²) in [5.74, 6) is -0.713. The number of rotatable bonds is 4. The average molecular weight is 943 g/mol. The molecule has 0 fully saturated rings. The predicted molar refractivity (Wildman–Crippen MR) is 193 cm³/mol. The molecule has 302 valence electrons. The topological polar surface area (TPSA) is 360 Å². The van der Waals surface area contributed by atoms with E-state index in [2.05, 4.69) is 39.9 Å². The minimum absolute atomic E-state index is 0. The number of aromatic nitrogens is 8. The molecule has 7 aromatic rings. The van der Waals surface area contributed by atoms with Gasteiger partial charge in [-0.15, -0.1) is 0 Å². The van der Waals surface area contributed by atoms with Gasteiger partial charge in [-0.25, -0.2) is 18.4 Å². The molecule has 0 saturated carbocycles. The molecule has 4 aromatic carbocycles. The van der Waals surface area contributed by atoms with E-state index in [-0.39, 0.29) is 119 Å². The fourth-order valence-electron chi connectivity index (χ4n) is 6.22. The summed E-state index contributed by atoms with van der Waals surface area (Å²) < 4.78 is 155. The molecule has 2 aliphatic rings. The van der Waals surface area contributed by atoms with Crippen LogP contribution in [0.15, 0.2) is 92.4 Å². The number of hydrogen-bond donors (Lipinski definition) is 3. The van der Waals surface area contributed by atoms with Gasteiger partial charge in [0.1, 0.15) is 10.1 Å². The summed E-state index contributed by atoms with van der Waals surface area (Å²) in [6.45, 7) is 0. The first-order chi connectivity index (χ1) is 27.6. The first-order valence-corrected chi connectivity index (χ1v) is 22.3. The van der Waals surface area contributed by atoms with E-state index in [1.54, 1.807) is 0 Å². The maximum atomic E-state index is 12.2. The molecule has 22 nitrogen and oxygen atoms in total. The molecule has 0 aliphatic carbocycles. The first-order valence-electron chi connectivity index (χ1n) is 15.7. The van der Waals surface area contributed by atoms with Crippen LogP contribution in [0.2, 0.25) is 0 Å². The molecule has 3 N–H and O–H groups in total. The Morgan fingerprint density at radius 3 is 1.10 bits per heavy atom. The second-order valence-electron chi connectivity index (χ2n) is 12.3. The first kappa shape index (κ1) is 43.1. The van der Waals surface area contributed by atoms with Gasteiger partial charge >= 0.3 is 52.0 Å². The second-order valence-corrected chi connectivity index (χ2v) is 18.1. The molecule has 3 aromatic heterocycles. The molecule has 0 unspecified atom stereocenters. The molecular weight excluding hydrogens is 927 g/mol. The third kappa shape index (κ3) is 7.86. The molecule has 9 rings (SSSR count). The molecule has 0 saturated heterocycles. The zero-order valence-electron chi connectivity index (χ0n) is 29.3. The third-order valence-electron chi connectivity index (χ3n) is 8.77. The number of fused-ring (bicyclic) bond motifs is 20. The summed E-state index contributed by atoms with van der Waals surface area (Å²) in [4.78, 5) is 33.8. The Kier molecular flexibility index (Phi) is 10.9. The fraction of sp³-hybridized carbons (Fsp3) is 0. The summed E-state index contributed by atoms with van der Waals surface area (Å²) in [6.07, 6.45) is 0. The Bertz CT molecular complexity index is 3490. The maximum absolute atomic E-state index is 12.2. The Hall–Kier alpha value is -5.00. The molecule has 8 bridgehead atoms. The molecule has 28 heteroatoms. The Balaban J connectivity index is 0.00000132. The van der Waals surface area contributed by atoms with Crippen molar-refractivity contribution in [1.29, 1.82) is 0 Å². The van der Waals surface area contributed by atoms with Gasteiger partial charge in [-0.2, -0.15) is 25.3 Å². The van der Waals surface area contributed by atoms with E-state index in [4.69, 9.17) is 7.67 Å². The van der Waals surface area contributed by atoms with Crippen molar-refractivity contribution in [1.82, 2.24) is 39.9 Å². The molecule has 2 aliphatic heterocycles. The van der Waals surface area contributed by atoms with E-state index in [0.717, 1.165) is 48.5 Å². The molecule has 0 amide bonds. The second kappa shape index (κ2) is 15.2. The normalized spacial score (nSPS) is 12.6. The van der Waals surface area contributed by atoms with Crippen molar-refractivity contribution in [3.8, 4) is 45.6 Å². The van der Waals surface area contributed by atoms with Gasteiger partial charge in [0.05, 0.1) is 42.9 Å². The van der Waals surface area contributed by atoms with Crippen molar-refractivity contribution >= 4 is 84.6 Å². The third-order valence-corrected chi connectivity index (χ3v) is 12.1. The van der Waals surface area contributed by atoms with E-state index in [1.807, 2.05) is 0 Å². The van der Waals surface area contributed by atoms with Crippen LogP contribution < -0.4 is 39.5 Å². The van der Waals surface area contributed by atoms with E-state index in [9.17, 15) is 51.9 Å². The van der Waals surface area contributed by atoms with Gasteiger partial charge < -0.3 is 34.5 Å². The van der Waals surface area contributed by atoms with Crippen LogP contribution >= 0.6 is 0 Å². The Morgan fingerprint density at radius 1 is 0.433 bits per heavy atom. The van der Waals surface area contributed by atoms with Crippen molar-refractivity contribution in [3.63, 3.8) is 0 Å². The molecule has 60 heavy (non-hydrogen) atoms. The monoisotopic (exact) mass is 942 g/mol. The van der Waals surface area contributed by atoms with E-state index >= 15 is 0 Å². The van der Waals surface area contributed by atoms with Gasteiger partial charge in [0.25, 0.3) is 30.4 Å². The van der Waals surface area contributed by atoms with Crippen LogP contribution in [-0.4, -0.2) is 81.8 Å². The van der Waals surface area contributed by atoms with Gasteiger partial charge in [-0.05, 0) is 70.1 Å². The molecular formula is C32H15FeN8NaO14S4-2. The van der Waals surface area contributed by atoms with Crippen LogP contribution in [0.5, 0.6) is 0 Å². The number of benzene rings is 4. The van der Waals surface area contributed by atoms with Crippen LogP contribution in [0.3, 0.4) is 0 Å². The quantitative estimate of drug-likeness (QED) is 0.148. The van der Waals surface area contributed by atoms with Gasteiger partial charge in [0.15, 0.2) is 0 Å². The van der Waals surface area contributed by atoms with Gasteiger partial charge in [-0.1, -0.05) is 24.3 Å². The number of nitrogens with zero attached hydrogens (tertiary/aromatic N) is 8. The van der Waals surface area contributed by atoms with Gasteiger partial charge in [-0.3, -0.25) is 13.7 Å².